The van der Waals surface area contributed by atoms with Crippen molar-refractivity contribution < 1.29 is 9.13 Å². The van der Waals surface area contributed by atoms with Gasteiger partial charge in [0, 0.05) is 0 Å². The molecule has 0 saturated heterocycles. The van der Waals surface area contributed by atoms with E-state index in [1.54, 1.807) is 12.1 Å². The van der Waals surface area contributed by atoms with Crippen molar-refractivity contribution in [3.63, 3.8) is 0 Å². The van der Waals surface area contributed by atoms with Gasteiger partial charge in [-0.15, -0.1) is 0 Å². The Morgan fingerprint density at radius 3 is 2.32 bits per heavy atom. The molecule has 0 bridgehead atoms. The van der Waals surface area contributed by atoms with Crippen molar-refractivity contribution in [2.24, 2.45) is 5.92 Å². The molecule has 104 valence electrons. The van der Waals surface area contributed by atoms with E-state index in [1.807, 2.05) is 12.1 Å². The van der Waals surface area contributed by atoms with Crippen molar-refractivity contribution in [3.8, 4) is 0 Å². The third-order valence-electron chi connectivity index (χ3n) is 4.75. The summed E-state index contributed by atoms with van der Waals surface area (Å²) >= 11 is 0. The van der Waals surface area contributed by atoms with Gasteiger partial charge in [-0.25, -0.2) is 4.39 Å². The van der Waals surface area contributed by atoms with Gasteiger partial charge in [0.15, 0.2) is 0 Å². The number of rotatable bonds is 4. The Bertz CT molecular complexity index is 413. The molecule has 1 aromatic carbocycles. The van der Waals surface area contributed by atoms with Crippen LogP contribution in [0.4, 0.5) is 4.39 Å². The molecular formula is C17H23FO. The molecule has 0 N–H and O–H groups in total. The molecule has 3 rings (SSSR count). The third kappa shape index (κ3) is 3.36. The summed E-state index contributed by atoms with van der Waals surface area (Å²) < 4.78 is 19.1. The van der Waals surface area contributed by atoms with Crippen LogP contribution in [0.1, 0.15) is 56.9 Å². The first-order valence-corrected chi connectivity index (χ1v) is 7.54. The van der Waals surface area contributed by atoms with Gasteiger partial charge in [-0.05, 0) is 75.0 Å². The summed E-state index contributed by atoms with van der Waals surface area (Å²) in [6.07, 6.45) is 7.28. The zero-order valence-corrected chi connectivity index (χ0v) is 11.7. The van der Waals surface area contributed by atoms with E-state index in [0.717, 1.165) is 38.2 Å². The Morgan fingerprint density at radius 1 is 1.11 bits per heavy atom. The summed E-state index contributed by atoms with van der Waals surface area (Å²) in [7, 11) is 0. The van der Waals surface area contributed by atoms with Gasteiger partial charge in [-0.2, -0.15) is 0 Å². The van der Waals surface area contributed by atoms with Gasteiger partial charge in [-0.3, -0.25) is 0 Å². The van der Waals surface area contributed by atoms with Crippen LogP contribution in [0.3, 0.4) is 0 Å². The predicted molar refractivity (Wildman–Crippen MR) is 74.7 cm³/mol. The van der Waals surface area contributed by atoms with E-state index in [1.165, 1.54) is 18.4 Å². The summed E-state index contributed by atoms with van der Waals surface area (Å²) in [6.45, 7) is 3.22. The standard InChI is InChI=1S/C17H23FO/c1-17(19-12-13-2-3-13)10-8-15(9-11-17)14-4-6-16(18)7-5-14/h4-7,13,15H,2-3,8-12H2,1H3. The van der Waals surface area contributed by atoms with E-state index < -0.39 is 0 Å². The molecule has 2 saturated carbocycles. The molecule has 2 aliphatic rings. The van der Waals surface area contributed by atoms with E-state index in [9.17, 15) is 4.39 Å². The maximum atomic E-state index is 12.9. The molecule has 19 heavy (non-hydrogen) atoms. The van der Waals surface area contributed by atoms with Crippen LogP contribution in [0, 0.1) is 11.7 Å². The second-order valence-corrected chi connectivity index (χ2v) is 6.53. The monoisotopic (exact) mass is 262 g/mol. The van der Waals surface area contributed by atoms with Crippen LogP contribution in [0.25, 0.3) is 0 Å². The minimum atomic E-state index is -0.142. The van der Waals surface area contributed by atoms with Crippen molar-refractivity contribution in [2.45, 2.75) is 57.0 Å². The highest BCUT2D eigenvalue weighted by atomic mass is 19.1. The number of hydrogen-bond acceptors (Lipinski definition) is 1. The van der Waals surface area contributed by atoms with E-state index in [-0.39, 0.29) is 11.4 Å². The second-order valence-electron chi connectivity index (χ2n) is 6.53. The predicted octanol–water partition coefficient (Wildman–Crippen LogP) is 4.67. The molecule has 1 aromatic rings. The molecule has 0 atom stereocenters. The molecule has 0 spiro atoms. The van der Waals surface area contributed by atoms with Gasteiger partial charge in [-0.1, -0.05) is 12.1 Å². The lowest BCUT2D eigenvalue weighted by atomic mass is 9.77. The first-order valence-electron chi connectivity index (χ1n) is 7.54. The number of hydrogen-bond donors (Lipinski definition) is 0. The van der Waals surface area contributed by atoms with Gasteiger partial charge in [0.05, 0.1) is 12.2 Å². The topological polar surface area (TPSA) is 9.23 Å². The summed E-state index contributed by atoms with van der Waals surface area (Å²) in [6, 6.07) is 7.03. The SMILES string of the molecule is CC1(OCC2CC2)CCC(c2ccc(F)cc2)CC1. The van der Waals surface area contributed by atoms with Crippen LogP contribution >= 0.6 is 0 Å². The van der Waals surface area contributed by atoms with E-state index in [4.69, 9.17) is 4.74 Å². The normalized spacial score (nSPS) is 31.4. The number of ether oxygens (including phenoxy) is 1. The van der Waals surface area contributed by atoms with Crippen molar-refractivity contribution >= 4 is 0 Å². The Hall–Kier alpha value is -0.890. The average molecular weight is 262 g/mol. The molecule has 0 heterocycles. The lowest BCUT2D eigenvalue weighted by Crippen LogP contribution is -2.34. The van der Waals surface area contributed by atoms with Gasteiger partial charge >= 0.3 is 0 Å². The average Bonchev–Trinajstić information content (AvgIpc) is 3.23. The largest absolute Gasteiger partial charge is 0.375 e. The molecule has 0 amide bonds. The summed E-state index contributed by atoms with van der Waals surface area (Å²) in [5.41, 5.74) is 1.37. The van der Waals surface area contributed by atoms with E-state index in [0.29, 0.717) is 5.92 Å². The Morgan fingerprint density at radius 2 is 1.74 bits per heavy atom. The van der Waals surface area contributed by atoms with Crippen LogP contribution in [-0.4, -0.2) is 12.2 Å². The fourth-order valence-corrected chi connectivity index (χ4v) is 3.04. The number of halogens is 1. The maximum absolute atomic E-state index is 12.9. The molecule has 2 heteroatoms. The molecule has 2 fully saturated rings. The van der Waals surface area contributed by atoms with Crippen molar-refractivity contribution in [2.75, 3.05) is 6.61 Å². The van der Waals surface area contributed by atoms with Crippen LogP contribution < -0.4 is 0 Å². The Labute approximate surface area is 115 Å². The summed E-state index contributed by atoms with van der Waals surface area (Å²) in [5, 5.41) is 0. The maximum Gasteiger partial charge on any atom is 0.123 e. The van der Waals surface area contributed by atoms with Gasteiger partial charge in [0.1, 0.15) is 5.82 Å². The minimum absolute atomic E-state index is 0.0825. The zero-order chi connectivity index (χ0) is 13.3. The lowest BCUT2D eigenvalue weighted by Gasteiger charge is -2.37. The highest BCUT2D eigenvalue weighted by molar-refractivity contribution is 5.21. The van der Waals surface area contributed by atoms with Crippen molar-refractivity contribution in [1.29, 1.82) is 0 Å². The highest BCUT2D eigenvalue weighted by Crippen LogP contribution is 2.41. The molecule has 1 nitrogen and oxygen atoms in total. The quantitative estimate of drug-likeness (QED) is 0.766. The fraction of sp³-hybridized carbons (Fsp3) is 0.647. The summed E-state index contributed by atoms with van der Waals surface area (Å²) in [5.74, 6) is 1.28. The van der Waals surface area contributed by atoms with E-state index in [2.05, 4.69) is 6.92 Å². The van der Waals surface area contributed by atoms with Gasteiger partial charge in [0.25, 0.3) is 0 Å². The Balaban J connectivity index is 1.54. The molecular weight excluding hydrogens is 239 g/mol. The first kappa shape index (κ1) is 13.1. The van der Waals surface area contributed by atoms with Crippen LogP contribution in [0.5, 0.6) is 0 Å². The van der Waals surface area contributed by atoms with Crippen LogP contribution in [0.2, 0.25) is 0 Å². The molecule has 2 aliphatic carbocycles. The van der Waals surface area contributed by atoms with Crippen molar-refractivity contribution in [1.82, 2.24) is 0 Å². The Kier molecular flexibility index (Phi) is 3.62. The molecule has 0 aromatic heterocycles. The smallest absolute Gasteiger partial charge is 0.123 e. The summed E-state index contributed by atoms with van der Waals surface area (Å²) in [4.78, 5) is 0. The van der Waals surface area contributed by atoms with Crippen LogP contribution in [0.15, 0.2) is 24.3 Å². The first-order chi connectivity index (χ1) is 9.15. The van der Waals surface area contributed by atoms with E-state index >= 15 is 0 Å². The highest BCUT2D eigenvalue weighted by Gasteiger charge is 2.34. The van der Waals surface area contributed by atoms with Gasteiger partial charge < -0.3 is 4.74 Å². The van der Waals surface area contributed by atoms with Crippen molar-refractivity contribution in [3.05, 3.63) is 35.6 Å². The minimum Gasteiger partial charge on any atom is -0.375 e. The third-order valence-corrected chi connectivity index (χ3v) is 4.75. The van der Waals surface area contributed by atoms with Crippen LogP contribution in [-0.2, 0) is 4.74 Å². The lowest BCUT2D eigenvalue weighted by molar-refractivity contribution is -0.0637. The molecule has 0 radical (unpaired) electrons. The van der Waals surface area contributed by atoms with Gasteiger partial charge in [0.2, 0.25) is 0 Å². The zero-order valence-electron chi connectivity index (χ0n) is 11.7. The molecule has 0 aliphatic heterocycles. The molecule has 0 unspecified atom stereocenters. The number of benzene rings is 1. The second kappa shape index (κ2) is 5.24. The fourth-order valence-electron chi connectivity index (χ4n) is 3.04.